The van der Waals surface area contributed by atoms with Crippen LogP contribution in [-0.2, 0) is 15.9 Å². The summed E-state index contributed by atoms with van der Waals surface area (Å²) >= 11 is 0. The highest BCUT2D eigenvalue weighted by Crippen LogP contribution is 2.29. The molecule has 3 rings (SSSR count). The zero-order valence-electron chi connectivity index (χ0n) is 13.2. The van der Waals surface area contributed by atoms with Crippen LogP contribution < -0.4 is 0 Å². The van der Waals surface area contributed by atoms with Crippen LogP contribution in [0.15, 0.2) is 54.9 Å². The van der Waals surface area contributed by atoms with Gasteiger partial charge in [-0.25, -0.2) is 4.98 Å². The van der Waals surface area contributed by atoms with Crippen molar-refractivity contribution < 1.29 is 9.47 Å². The largest absolute Gasteiger partial charge is 0.355 e. The SMILES string of the molecule is COC(Cc1nc(-c2ccccc2)c(-c2cccnc2)[nH]1)OC. The Balaban J connectivity index is 2.04. The van der Waals surface area contributed by atoms with Gasteiger partial charge in [-0.15, -0.1) is 0 Å². The number of hydrogen-bond donors (Lipinski definition) is 1. The van der Waals surface area contributed by atoms with Gasteiger partial charge in [-0.2, -0.15) is 0 Å². The quantitative estimate of drug-likeness (QED) is 0.710. The van der Waals surface area contributed by atoms with Gasteiger partial charge in [0.2, 0.25) is 0 Å². The van der Waals surface area contributed by atoms with Crippen molar-refractivity contribution in [3.05, 3.63) is 60.7 Å². The number of rotatable bonds is 6. The highest BCUT2D eigenvalue weighted by Gasteiger charge is 2.16. The van der Waals surface area contributed by atoms with Gasteiger partial charge >= 0.3 is 0 Å². The van der Waals surface area contributed by atoms with Gasteiger partial charge in [-0.1, -0.05) is 30.3 Å². The predicted octanol–water partition coefficient (Wildman–Crippen LogP) is 3.30. The second kappa shape index (κ2) is 7.17. The second-order valence-electron chi connectivity index (χ2n) is 5.12. The first kappa shape index (κ1) is 15.4. The lowest BCUT2D eigenvalue weighted by molar-refractivity contribution is -0.101. The Morgan fingerprint density at radius 1 is 1.00 bits per heavy atom. The van der Waals surface area contributed by atoms with E-state index in [1.807, 2.05) is 48.7 Å². The molecule has 0 aliphatic heterocycles. The smallest absolute Gasteiger partial charge is 0.163 e. The van der Waals surface area contributed by atoms with Gasteiger partial charge < -0.3 is 14.5 Å². The molecule has 0 fully saturated rings. The molecule has 118 valence electrons. The number of H-pyrrole nitrogens is 1. The summed E-state index contributed by atoms with van der Waals surface area (Å²) in [5.41, 5.74) is 3.90. The van der Waals surface area contributed by atoms with E-state index in [4.69, 9.17) is 14.5 Å². The summed E-state index contributed by atoms with van der Waals surface area (Å²) in [6, 6.07) is 14.0. The molecule has 0 saturated heterocycles. The van der Waals surface area contributed by atoms with E-state index in [0.29, 0.717) is 6.42 Å². The summed E-state index contributed by atoms with van der Waals surface area (Å²) in [4.78, 5) is 12.3. The minimum Gasteiger partial charge on any atom is -0.355 e. The van der Waals surface area contributed by atoms with E-state index in [1.165, 1.54) is 0 Å². The van der Waals surface area contributed by atoms with Crippen molar-refractivity contribution in [2.24, 2.45) is 0 Å². The van der Waals surface area contributed by atoms with E-state index < -0.39 is 0 Å². The zero-order chi connectivity index (χ0) is 16.1. The summed E-state index contributed by atoms with van der Waals surface area (Å²) in [7, 11) is 3.24. The molecule has 2 heterocycles. The van der Waals surface area contributed by atoms with Crippen LogP contribution in [0.4, 0.5) is 0 Å². The average Bonchev–Trinajstić information content (AvgIpc) is 3.05. The maximum absolute atomic E-state index is 5.27. The molecule has 0 saturated carbocycles. The summed E-state index contributed by atoms with van der Waals surface area (Å²) in [5, 5.41) is 0. The van der Waals surface area contributed by atoms with Crippen molar-refractivity contribution in [1.29, 1.82) is 0 Å². The molecule has 5 nitrogen and oxygen atoms in total. The predicted molar refractivity (Wildman–Crippen MR) is 88.8 cm³/mol. The minimum absolute atomic E-state index is 0.327. The van der Waals surface area contributed by atoms with Crippen LogP contribution in [0, 0.1) is 0 Å². The molecule has 5 heteroatoms. The molecule has 3 aromatic rings. The molecule has 0 bridgehead atoms. The zero-order valence-corrected chi connectivity index (χ0v) is 13.2. The molecule has 0 amide bonds. The van der Waals surface area contributed by atoms with Crippen LogP contribution in [-0.4, -0.2) is 35.5 Å². The number of aromatic amines is 1. The molecule has 1 N–H and O–H groups in total. The normalized spacial score (nSPS) is 11.1. The van der Waals surface area contributed by atoms with Gasteiger partial charge in [0.05, 0.1) is 17.8 Å². The van der Waals surface area contributed by atoms with Crippen LogP contribution in [0.1, 0.15) is 5.82 Å². The van der Waals surface area contributed by atoms with Crippen molar-refractivity contribution in [1.82, 2.24) is 15.0 Å². The first-order valence-corrected chi connectivity index (χ1v) is 7.42. The number of aromatic nitrogens is 3. The van der Waals surface area contributed by atoms with Crippen LogP contribution in [0.2, 0.25) is 0 Å². The Morgan fingerprint density at radius 2 is 1.74 bits per heavy atom. The topological polar surface area (TPSA) is 60.0 Å². The number of benzene rings is 1. The lowest BCUT2D eigenvalue weighted by Gasteiger charge is -2.10. The molecular weight excluding hydrogens is 290 g/mol. The Bertz CT molecular complexity index is 680. The van der Waals surface area contributed by atoms with Gasteiger partial charge in [0.1, 0.15) is 5.82 Å². The number of ether oxygens (including phenoxy) is 2. The van der Waals surface area contributed by atoms with Gasteiger partial charge in [0.25, 0.3) is 0 Å². The van der Waals surface area contributed by atoms with E-state index >= 15 is 0 Å². The first-order chi connectivity index (χ1) is 11.3. The molecular formula is C18H19N3O2. The molecule has 2 aromatic heterocycles. The molecule has 0 aliphatic carbocycles. The van der Waals surface area contributed by atoms with E-state index in [-0.39, 0.29) is 6.29 Å². The standard InChI is InChI=1S/C18H19N3O2/c1-22-16(23-2)11-15-20-17(13-7-4-3-5-8-13)18(21-15)14-9-6-10-19-12-14/h3-10,12,16H,11H2,1-2H3,(H,20,21). The number of nitrogens with one attached hydrogen (secondary N) is 1. The number of methoxy groups -OCH3 is 2. The van der Waals surface area contributed by atoms with E-state index in [1.54, 1.807) is 20.4 Å². The maximum Gasteiger partial charge on any atom is 0.163 e. The van der Waals surface area contributed by atoms with Crippen LogP contribution >= 0.6 is 0 Å². The summed E-state index contributed by atoms with van der Waals surface area (Å²) in [5.74, 6) is 0.816. The third-order valence-electron chi connectivity index (χ3n) is 3.64. The van der Waals surface area contributed by atoms with Gasteiger partial charge in [0.15, 0.2) is 6.29 Å². The average molecular weight is 309 g/mol. The van der Waals surface area contributed by atoms with Crippen LogP contribution in [0.5, 0.6) is 0 Å². The number of imidazole rings is 1. The molecule has 23 heavy (non-hydrogen) atoms. The Hall–Kier alpha value is -2.50. The summed E-state index contributed by atoms with van der Waals surface area (Å²) < 4.78 is 10.5. The Morgan fingerprint density at radius 3 is 2.39 bits per heavy atom. The Kier molecular flexibility index (Phi) is 4.80. The molecule has 0 spiro atoms. The van der Waals surface area contributed by atoms with Crippen molar-refractivity contribution in [3.63, 3.8) is 0 Å². The van der Waals surface area contributed by atoms with Gasteiger partial charge in [-0.3, -0.25) is 4.98 Å². The third-order valence-corrected chi connectivity index (χ3v) is 3.64. The number of pyridine rings is 1. The van der Waals surface area contributed by atoms with Crippen LogP contribution in [0.3, 0.4) is 0 Å². The molecule has 0 atom stereocenters. The molecule has 0 radical (unpaired) electrons. The molecule has 0 aliphatic rings. The maximum atomic E-state index is 5.27. The van der Waals surface area contributed by atoms with Crippen molar-refractivity contribution in [3.8, 4) is 22.5 Å². The highest BCUT2D eigenvalue weighted by atomic mass is 16.7. The van der Waals surface area contributed by atoms with E-state index in [2.05, 4.69) is 9.97 Å². The summed E-state index contributed by atoms with van der Waals surface area (Å²) in [6.45, 7) is 0. The summed E-state index contributed by atoms with van der Waals surface area (Å²) in [6.07, 6.45) is 3.81. The minimum atomic E-state index is -0.327. The van der Waals surface area contributed by atoms with Gasteiger partial charge in [-0.05, 0) is 12.1 Å². The highest BCUT2D eigenvalue weighted by molar-refractivity contribution is 5.78. The monoisotopic (exact) mass is 309 g/mol. The van der Waals surface area contributed by atoms with Crippen molar-refractivity contribution in [2.45, 2.75) is 12.7 Å². The lowest BCUT2D eigenvalue weighted by Crippen LogP contribution is -2.16. The lowest BCUT2D eigenvalue weighted by atomic mass is 10.1. The Labute approximate surface area is 135 Å². The van der Waals surface area contributed by atoms with E-state index in [9.17, 15) is 0 Å². The van der Waals surface area contributed by atoms with Crippen molar-refractivity contribution in [2.75, 3.05) is 14.2 Å². The molecule has 0 unspecified atom stereocenters. The van der Waals surface area contributed by atoms with Gasteiger partial charge in [0, 0.05) is 37.7 Å². The fourth-order valence-electron chi connectivity index (χ4n) is 2.46. The van der Waals surface area contributed by atoms with E-state index in [0.717, 1.165) is 28.3 Å². The molecule has 1 aromatic carbocycles. The number of hydrogen-bond acceptors (Lipinski definition) is 4. The fraction of sp³-hybridized carbons (Fsp3) is 0.222. The number of nitrogens with zero attached hydrogens (tertiary/aromatic N) is 2. The van der Waals surface area contributed by atoms with Crippen molar-refractivity contribution >= 4 is 0 Å². The second-order valence-corrected chi connectivity index (χ2v) is 5.12. The first-order valence-electron chi connectivity index (χ1n) is 7.42. The fourth-order valence-corrected chi connectivity index (χ4v) is 2.46. The van der Waals surface area contributed by atoms with Crippen LogP contribution in [0.25, 0.3) is 22.5 Å². The third kappa shape index (κ3) is 3.47.